The topological polar surface area (TPSA) is 52.3 Å². The van der Waals surface area contributed by atoms with Gasteiger partial charge in [-0.2, -0.15) is 0 Å². The molecule has 0 atom stereocenters. The van der Waals surface area contributed by atoms with Gasteiger partial charge in [0, 0.05) is 27.4 Å². The van der Waals surface area contributed by atoms with Crippen LogP contribution in [0.5, 0.6) is 0 Å². The van der Waals surface area contributed by atoms with Crippen molar-refractivity contribution in [3.8, 4) is 0 Å². The van der Waals surface area contributed by atoms with Crippen molar-refractivity contribution >= 4 is 34.9 Å². The number of hydrogen-bond donors (Lipinski definition) is 1. The van der Waals surface area contributed by atoms with Crippen LogP contribution >= 0.6 is 23.2 Å². The highest BCUT2D eigenvalue weighted by atomic mass is 35.5. The lowest BCUT2D eigenvalue weighted by Gasteiger charge is -2.09. The van der Waals surface area contributed by atoms with Gasteiger partial charge >= 0.3 is 5.97 Å². The number of ether oxygens (including phenoxy) is 1. The maximum absolute atomic E-state index is 13.1. The number of rotatable bonds is 3. The van der Waals surface area contributed by atoms with Crippen molar-refractivity contribution in [3.63, 3.8) is 0 Å². The number of nitrogens with two attached hydrogens (primary N) is 1. The minimum Gasteiger partial charge on any atom is -0.457 e. The molecular weight excluding hydrogens is 323 g/mol. The van der Waals surface area contributed by atoms with E-state index in [0.29, 0.717) is 21.7 Å². The summed E-state index contributed by atoms with van der Waals surface area (Å²) in [5.41, 5.74) is 5.48. The second-order valence-corrected chi connectivity index (χ2v) is 5.01. The lowest BCUT2D eigenvalue weighted by atomic mass is 10.1. The second kappa shape index (κ2) is 6.28. The number of hydrogen-bond acceptors (Lipinski definition) is 3. The van der Waals surface area contributed by atoms with Crippen LogP contribution in [0.2, 0.25) is 10.0 Å². The summed E-state index contributed by atoms with van der Waals surface area (Å²) in [7, 11) is 0. The van der Waals surface area contributed by atoms with E-state index in [1.807, 2.05) is 0 Å². The summed E-state index contributed by atoms with van der Waals surface area (Å²) in [5, 5.41) is 0.795. The molecule has 0 saturated heterocycles. The average molecular weight is 332 g/mol. The molecule has 0 aliphatic carbocycles. The number of carbonyl (C=O) groups excluding carboxylic acids is 1. The molecule has 0 saturated carbocycles. The van der Waals surface area contributed by atoms with Gasteiger partial charge in [-0.25, -0.2) is 13.6 Å². The molecule has 0 spiro atoms. The van der Waals surface area contributed by atoms with Gasteiger partial charge in [0.05, 0.1) is 5.56 Å². The standard InChI is InChI=1S/C14H9Cl2F2NO2/c15-8-1-2-10(16)7(3-8)6-21-14(20)9-4-11(17)12(18)5-13(9)19/h1-5H,6,19H2. The van der Waals surface area contributed by atoms with Gasteiger partial charge in [-0.05, 0) is 24.3 Å². The van der Waals surface area contributed by atoms with E-state index in [1.165, 1.54) is 6.07 Å². The van der Waals surface area contributed by atoms with Crippen molar-refractivity contribution in [3.05, 3.63) is 63.1 Å². The Kier molecular flexibility index (Phi) is 4.65. The van der Waals surface area contributed by atoms with E-state index in [9.17, 15) is 13.6 Å². The minimum absolute atomic E-state index is 0.170. The van der Waals surface area contributed by atoms with Crippen LogP contribution in [-0.2, 0) is 11.3 Å². The smallest absolute Gasteiger partial charge is 0.340 e. The number of benzene rings is 2. The van der Waals surface area contributed by atoms with Crippen molar-refractivity contribution in [2.24, 2.45) is 0 Å². The normalized spacial score (nSPS) is 10.5. The third-order valence-corrected chi connectivity index (χ3v) is 3.28. The quantitative estimate of drug-likeness (QED) is 0.677. The number of carbonyl (C=O) groups is 1. The lowest BCUT2D eigenvalue weighted by molar-refractivity contribution is 0.0473. The predicted molar refractivity (Wildman–Crippen MR) is 76.4 cm³/mol. The highest BCUT2D eigenvalue weighted by Gasteiger charge is 2.16. The van der Waals surface area contributed by atoms with Gasteiger partial charge in [-0.1, -0.05) is 23.2 Å². The Morgan fingerprint density at radius 1 is 1.14 bits per heavy atom. The van der Waals surface area contributed by atoms with E-state index in [2.05, 4.69) is 0 Å². The summed E-state index contributed by atoms with van der Waals surface area (Å²) < 4.78 is 31.0. The largest absolute Gasteiger partial charge is 0.457 e. The molecule has 0 aliphatic rings. The van der Waals surface area contributed by atoms with Crippen LogP contribution in [0, 0.1) is 11.6 Å². The lowest BCUT2D eigenvalue weighted by Crippen LogP contribution is -2.10. The molecule has 0 aliphatic heterocycles. The van der Waals surface area contributed by atoms with Crippen molar-refractivity contribution in [1.82, 2.24) is 0 Å². The first-order valence-electron chi connectivity index (χ1n) is 5.74. The van der Waals surface area contributed by atoms with E-state index in [1.54, 1.807) is 12.1 Å². The molecule has 2 aromatic rings. The Hall–Kier alpha value is -1.85. The van der Waals surface area contributed by atoms with Gasteiger partial charge in [0.25, 0.3) is 0 Å². The van der Waals surface area contributed by atoms with Gasteiger partial charge < -0.3 is 10.5 Å². The Balaban J connectivity index is 2.15. The fourth-order valence-corrected chi connectivity index (χ4v) is 1.98. The Morgan fingerprint density at radius 3 is 2.52 bits per heavy atom. The fraction of sp³-hybridized carbons (Fsp3) is 0.0714. The van der Waals surface area contributed by atoms with Crippen LogP contribution in [0.4, 0.5) is 14.5 Å². The summed E-state index contributed by atoms with van der Waals surface area (Å²) >= 11 is 11.7. The van der Waals surface area contributed by atoms with Crippen LogP contribution in [0.1, 0.15) is 15.9 Å². The molecular formula is C14H9Cl2F2NO2. The Labute approximate surface area is 129 Å². The third kappa shape index (κ3) is 3.62. The predicted octanol–water partition coefficient (Wildman–Crippen LogP) is 4.21. The molecule has 0 bridgehead atoms. The number of nitrogen functional groups attached to an aromatic ring is 1. The first kappa shape index (κ1) is 15.5. The van der Waals surface area contributed by atoms with Crippen molar-refractivity contribution < 1.29 is 18.3 Å². The zero-order valence-electron chi connectivity index (χ0n) is 10.5. The molecule has 0 heterocycles. The first-order valence-corrected chi connectivity index (χ1v) is 6.49. The summed E-state index contributed by atoms with van der Waals surface area (Å²) in [4.78, 5) is 11.8. The molecule has 21 heavy (non-hydrogen) atoms. The van der Waals surface area contributed by atoms with E-state index < -0.39 is 17.6 Å². The number of halogens is 4. The minimum atomic E-state index is -1.18. The van der Waals surface area contributed by atoms with Crippen molar-refractivity contribution in [2.45, 2.75) is 6.61 Å². The summed E-state index contributed by atoms with van der Waals surface area (Å²) in [5.74, 6) is -3.21. The molecule has 0 radical (unpaired) electrons. The summed E-state index contributed by atoms with van der Waals surface area (Å²) in [6.45, 7) is -0.170. The molecule has 2 N–H and O–H groups in total. The molecule has 0 fully saturated rings. The maximum atomic E-state index is 13.1. The third-order valence-electron chi connectivity index (χ3n) is 2.68. The molecule has 0 amide bonds. The number of esters is 1. The Morgan fingerprint density at radius 2 is 1.81 bits per heavy atom. The fourth-order valence-electron chi connectivity index (χ4n) is 1.61. The highest BCUT2D eigenvalue weighted by Crippen LogP contribution is 2.23. The zero-order chi connectivity index (χ0) is 15.6. The highest BCUT2D eigenvalue weighted by molar-refractivity contribution is 6.33. The number of anilines is 1. The molecule has 0 unspecified atom stereocenters. The second-order valence-electron chi connectivity index (χ2n) is 4.17. The molecule has 2 rings (SSSR count). The maximum Gasteiger partial charge on any atom is 0.340 e. The molecule has 2 aromatic carbocycles. The van der Waals surface area contributed by atoms with Crippen molar-refractivity contribution in [1.29, 1.82) is 0 Å². The van der Waals surface area contributed by atoms with Crippen LogP contribution in [0.15, 0.2) is 30.3 Å². The molecule has 7 heteroatoms. The van der Waals surface area contributed by atoms with Crippen LogP contribution < -0.4 is 5.73 Å². The first-order chi connectivity index (χ1) is 9.88. The van der Waals surface area contributed by atoms with Gasteiger partial charge in [0.2, 0.25) is 0 Å². The van der Waals surface area contributed by atoms with Gasteiger partial charge in [-0.3, -0.25) is 0 Å². The SMILES string of the molecule is Nc1cc(F)c(F)cc1C(=O)OCc1cc(Cl)ccc1Cl. The Bertz CT molecular complexity index is 708. The van der Waals surface area contributed by atoms with Gasteiger partial charge in [-0.15, -0.1) is 0 Å². The van der Waals surface area contributed by atoms with Crippen LogP contribution in [0.3, 0.4) is 0 Å². The van der Waals surface area contributed by atoms with E-state index in [0.717, 1.165) is 6.07 Å². The van der Waals surface area contributed by atoms with Crippen molar-refractivity contribution in [2.75, 3.05) is 5.73 Å². The zero-order valence-corrected chi connectivity index (χ0v) is 12.0. The van der Waals surface area contributed by atoms with Crippen LogP contribution in [-0.4, -0.2) is 5.97 Å². The summed E-state index contributed by atoms with van der Waals surface area (Å²) in [6.07, 6.45) is 0. The summed E-state index contributed by atoms with van der Waals surface area (Å²) in [6, 6.07) is 6.08. The monoisotopic (exact) mass is 331 g/mol. The van der Waals surface area contributed by atoms with Crippen LogP contribution in [0.25, 0.3) is 0 Å². The molecule has 110 valence electrons. The van der Waals surface area contributed by atoms with E-state index in [-0.39, 0.29) is 17.9 Å². The molecule has 0 aromatic heterocycles. The van der Waals surface area contributed by atoms with E-state index >= 15 is 0 Å². The average Bonchev–Trinajstić information content (AvgIpc) is 2.43. The molecule has 3 nitrogen and oxygen atoms in total. The van der Waals surface area contributed by atoms with E-state index in [4.69, 9.17) is 33.7 Å². The van der Waals surface area contributed by atoms with Gasteiger partial charge in [0.15, 0.2) is 11.6 Å². The van der Waals surface area contributed by atoms with Gasteiger partial charge in [0.1, 0.15) is 6.61 Å².